The van der Waals surface area contributed by atoms with Gasteiger partial charge in [0.05, 0.1) is 5.69 Å². The first-order valence-corrected chi connectivity index (χ1v) is 7.38. The first-order chi connectivity index (χ1) is 8.33. The van der Waals surface area contributed by atoms with Gasteiger partial charge in [0.1, 0.15) is 0 Å². The molecule has 1 aliphatic heterocycles. The van der Waals surface area contributed by atoms with E-state index in [-0.39, 0.29) is 0 Å². The van der Waals surface area contributed by atoms with Gasteiger partial charge in [-0.15, -0.1) is 0 Å². The SMILES string of the molecule is Brc1ccccc1N1CCCC(NC2CC2)C1. The van der Waals surface area contributed by atoms with E-state index in [1.807, 2.05) is 0 Å². The van der Waals surface area contributed by atoms with Crippen LogP contribution in [0.3, 0.4) is 0 Å². The van der Waals surface area contributed by atoms with Crippen molar-refractivity contribution in [2.24, 2.45) is 0 Å². The van der Waals surface area contributed by atoms with Crippen molar-refractivity contribution >= 4 is 21.6 Å². The number of rotatable bonds is 3. The highest BCUT2D eigenvalue weighted by Crippen LogP contribution is 2.29. The fourth-order valence-corrected chi connectivity index (χ4v) is 3.16. The van der Waals surface area contributed by atoms with Gasteiger partial charge >= 0.3 is 0 Å². The van der Waals surface area contributed by atoms with Crippen molar-refractivity contribution in [2.45, 2.75) is 37.8 Å². The van der Waals surface area contributed by atoms with Crippen LogP contribution in [0.2, 0.25) is 0 Å². The second-order valence-electron chi connectivity index (χ2n) is 5.18. The Balaban J connectivity index is 1.68. The summed E-state index contributed by atoms with van der Waals surface area (Å²) in [5.74, 6) is 0. The fraction of sp³-hybridized carbons (Fsp3) is 0.571. The van der Waals surface area contributed by atoms with E-state index in [1.54, 1.807) is 0 Å². The van der Waals surface area contributed by atoms with Gasteiger partial charge in [-0.1, -0.05) is 12.1 Å². The Kier molecular flexibility index (Phi) is 3.39. The zero-order valence-corrected chi connectivity index (χ0v) is 11.6. The van der Waals surface area contributed by atoms with Crippen molar-refractivity contribution < 1.29 is 0 Å². The molecule has 0 radical (unpaired) electrons. The second kappa shape index (κ2) is 4.99. The summed E-state index contributed by atoms with van der Waals surface area (Å²) in [6.45, 7) is 2.34. The topological polar surface area (TPSA) is 15.3 Å². The predicted octanol–water partition coefficient (Wildman–Crippen LogP) is 3.17. The zero-order chi connectivity index (χ0) is 11.7. The molecule has 1 saturated carbocycles. The monoisotopic (exact) mass is 294 g/mol. The number of halogens is 1. The van der Waals surface area contributed by atoms with Crippen molar-refractivity contribution in [2.75, 3.05) is 18.0 Å². The summed E-state index contributed by atoms with van der Waals surface area (Å²) < 4.78 is 1.21. The number of para-hydroxylation sites is 1. The molecule has 0 bridgehead atoms. The van der Waals surface area contributed by atoms with Gasteiger partial charge < -0.3 is 10.2 Å². The van der Waals surface area contributed by atoms with Gasteiger partial charge in [-0.05, 0) is 53.7 Å². The summed E-state index contributed by atoms with van der Waals surface area (Å²) in [6, 6.07) is 10.1. The summed E-state index contributed by atoms with van der Waals surface area (Å²) in [4.78, 5) is 2.51. The highest BCUT2D eigenvalue weighted by atomic mass is 79.9. The molecule has 1 aromatic carbocycles. The lowest BCUT2D eigenvalue weighted by Gasteiger charge is -2.35. The van der Waals surface area contributed by atoms with E-state index in [4.69, 9.17) is 0 Å². The summed E-state index contributed by atoms with van der Waals surface area (Å²) in [5.41, 5.74) is 1.34. The minimum atomic E-state index is 0.684. The summed E-state index contributed by atoms with van der Waals surface area (Å²) in [6.07, 6.45) is 5.39. The van der Waals surface area contributed by atoms with Crippen molar-refractivity contribution in [1.82, 2.24) is 5.32 Å². The number of hydrogen-bond donors (Lipinski definition) is 1. The van der Waals surface area contributed by atoms with Crippen LogP contribution in [0.1, 0.15) is 25.7 Å². The van der Waals surface area contributed by atoms with Crippen molar-refractivity contribution in [3.63, 3.8) is 0 Å². The van der Waals surface area contributed by atoms with E-state index < -0.39 is 0 Å². The number of benzene rings is 1. The normalized spacial score (nSPS) is 25.0. The first kappa shape index (κ1) is 11.5. The van der Waals surface area contributed by atoms with E-state index >= 15 is 0 Å². The van der Waals surface area contributed by atoms with Crippen LogP contribution in [0.15, 0.2) is 28.7 Å². The van der Waals surface area contributed by atoms with Crippen molar-refractivity contribution in [1.29, 1.82) is 0 Å². The molecular weight excluding hydrogens is 276 g/mol. The molecule has 3 rings (SSSR count). The molecule has 1 aliphatic carbocycles. The Morgan fingerprint density at radius 1 is 1.12 bits per heavy atom. The largest absolute Gasteiger partial charge is 0.369 e. The Bertz CT molecular complexity index is 390. The van der Waals surface area contributed by atoms with Gasteiger partial charge in [0.15, 0.2) is 0 Å². The smallest absolute Gasteiger partial charge is 0.0511 e. The molecular formula is C14H19BrN2. The maximum absolute atomic E-state index is 3.76. The molecule has 0 aromatic heterocycles. The first-order valence-electron chi connectivity index (χ1n) is 6.58. The molecule has 2 nitrogen and oxygen atoms in total. The molecule has 3 heteroatoms. The zero-order valence-electron chi connectivity index (χ0n) is 10.0. The molecule has 1 saturated heterocycles. The molecule has 17 heavy (non-hydrogen) atoms. The van der Waals surface area contributed by atoms with E-state index in [2.05, 4.69) is 50.4 Å². The fourth-order valence-electron chi connectivity index (χ4n) is 2.62. The van der Waals surface area contributed by atoms with E-state index in [0.717, 1.165) is 12.6 Å². The Hall–Kier alpha value is -0.540. The minimum absolute atomic E-state index is 0.684. The van der Waals surface area contributed by atoms with Crippen LogP contribution in [0.4, 0.5) is 5.69 Å². The molecule has 1 unspecified atom stereocenters. The lowest BCUT2D eigenvalue weighted by molar-refractivity contribution is 0.420. The van der Waals surface area contributed by atoms with Crippen LogP contribution in [0.5, 0.6) is 0 Å². The van der Waals surface area contributed by atoms with E-state index in [0.29, 0.717) is 6.04 Å². The average Bonchev–Trinajstić information content (AvgIpc) is 3.14. The molecule has 92 valence electrons. The Labute approximate surface area is 112 Å². The highest BCUT2D eigenvalue weighted by Gasteiger charge is 2.27. The van der Waals surface area contributed by atoms with Gasteiger partial charge in [-0.3, -0.25) is 0 Å². The number of piperidine rings is 1. The second-order valence-corrected chi connectivity index (χ2v) is 6.03. The number of anilines is 1. The molecule has 0 amide bonds. The lowest BCUT2D eigenvalue weighted by atomic mass is 10.0. The maximum atomic E-state index is 3.76. The highest BCUT2D eigenvalue weighted by molar-refractivity contribution is 9.10. The van der Waals surface area contributed by atoms with Gasteiger partial charge in [-0.25, -0.2) is 0 Å². The van der Waals surface area contributed by atoms with Crippen LogP contribution in [0.25, 0.3) is 0 Å². The van der Waals surface area contributed by atoms with Crippen LogP contribution in [-0.2, 0) is 0 Å². The number of hydrogen-bond acceptors (Lipinski definition) is 2. The summed E-state index contributed by atoms with van der Waals surface area (Å²) in [7, 11) is 0. The molecule has 1 N–H and O–H groups in total. The van der Waals surface area contributed by atoms with Gasteiger partial charge in [0.2, 0.25) is 0 Å². The molecule has 1 aromatic rings. The predicted molar refractivity (Wildman–Crippen MR) is 75.5 cm³/mol. The van der Waals surface area contributed by atoms with Crippen LogP contribution in [0, 0.1) is 0 Å². The van der Waals surface area contributed by atoms with Crippen LogP contribution < -0.4 is 10.2 Å². The molecule has 2 aliphatic rings. The number of nitrogens with zero attached hydrogens (tertiary/aromatic N) is 1. The van der Waals surface area contributed by atoms with E-state index in [9.17, 15) is 0 Å². The Morgan fingerprint density at radius 2 is 1.94 bits per heavy atom. The Morgan fingerprint density at radius 3 is 2.71 bits per heavy atom. The quantitative estimate of drug-likeness (QED) is 0.921. The standard InChI is InChI=1S/C14H19BrN2/c15-13-5-1-2-6-14(13)17-9-3-4-12(10-17)16-11-7-8-11/h1-2,5-6,11-12,16H,3-4,7-10H2. The lowest BCUT2D eigenvalue weighted by Crippen LogP contribution is -2.46. The van der Waals surface area contributed by atoms with Gasteiger partial charge in [0, 0.05) is 29.6 Å². The van der Waals surface area contributed by atoms with Crippen LogP contribution in [-0.4, -0.2) is 25.2 Å². The summed E-state index contributed by atoms with van der Waals surface area (Å²) in [5, 5.41) is 3.76. The third kappa shape index (κ3) is 2.83. The van der Waals surface area contributed by atoms with E-state index in [1.165, 1.54) is 42.4 Å². The number of nitrogens with one attached hydrogen (secondary N) is 1. The van der Waals surface area contributed by atoms with Gasteiger partial charge in [0.25, 0.3) is 0 Å². The summed E-state index contributed by atoms with van der Waals surface area (Å²) >= 11 is 3.65. The van der Waals surface area contributed by atoms with Crippen LogP contribution >= 0.6 is 15.9 Å². The molecule has 0 spiro atoms. The van der Waals surface area contributed by atoms with Crippen molar-refractivity contribution in [3.8, 4) is 0 Å². The molecule has 1 atom stereocenters. The third-order valence-corrected chi connectivity index (χ3v) is 4.33. The van der Waals surface area contributed by atoms with Gasteiger partial charge in [-0.2, -0.15) is 0 Å². The molecule has 1 heterocycles. The third-order valence-electron chi connectivity index (χ3n) is 3.66. The van der Waals surface area contributed by atoms with Crippen molar-refractivity contribution in [3.05, 3.63) is 28.7 Å². The minimum Gasteiger partial charge on any atom is -0.369 e. The maximum Gasteiger partial charge on any atom is 0.0511 e. The molecule has 2 fully saturated rings. The average molecular weight is 295 g/mol.